The Balaban J connectivity index is 1.92. The second kappa shape index (κ2) is 6.18. The Labute approximate surface area is 118 Å². The van der Waals surface area contributed by atoms with Crippen LogP contribution in [-0.4, -0.2) is 32.7 Å². The van der Waals surface area contributed by atoms with E-state index >= 15 is 0 Å². The summed E-state index contributed by atoms with van der Waals surface area (Å²) in [6.45, 7) is 2.56. The third kappa shape index (κ3) is 3.57. The van der Waals surface area contributed by atoms with Crippen molar-refractivity contribution >= 4 is 11.7 Å². The van der Waals surface area contributed by atoms with Crippen LogP contribution in [0.3, 0.4) is 0 Å². The molecule has 2 aromatic heterocycles. The van der Waals surface area contributed by atoms with Crippen LogP contribution < -0.4 is 5.32 Å². The van der Waals surface area contributed by atoms with Gasteiger partial charge < -0.3 is 10.2 Å². The molecule has 1 N–H and O–H groups in total. The summed E-state index contributed by atoms with van der Waals surface area (Å²) in [4.78, 5) is 17.9. The molecule has 0 aliphatic carbocycles. The van der Waals surface area contributed by atoms with E-state index in [1.54, 1.807) is 36.1 Å². The van der Waals surface area contributed by atoms with Gasteiger partial charge in [0, 0.05) is 26.5 Å². The zero-order valence-corrected chi connectivity index (χ0v) is 12.0. The number of carbonyl (C=O) groups is 1. The molecule has 2 heterocycles. The van der Waals surface area contributed by atoms with Crippen LogP contribution in [0.5, 0.6) is 0 Å². The van der Waals surface area contributed by atoms with E-state index in [4.69, 9.17) is 0 Å². The Morgan fingerprint density at radius 1 is 1.40 bits per heavy atom. The van der Waals surface area contributed by atoms with Crippen molar-refractivity contribution in [1.82, 2.24) is 19.7 Å². The standard InChI is InChI=1S/C14H19N5O/c1-4-11-5-6-12(15-7-11)9-18(2)14(20)17-13-8-16-19(3)10-13/h5-8,10H,4,9H2,1-3H3,(H,17,20). The number of urea groups is 1. The molecule has 0 bridgehead atoms. The van der Waals surface area contributed by atoms with Gasteiger partial charge in [0.1, 0.15) is 0 Å². The molecule has 2 rings (SSSR count). The second-order valence-electron chi connectivity index (χ2n) is 4.70. The predicted octanol–water partition coefficient (Wildman–Crippen LogP) is 2.04. The lowest BCUT2D eigenvalue weighted by molar-refractivity contribution is 0.220. The number of anilines is 1. The smallest absolute Gasteiger partial charge is 0.322 e. The first-order valence-electron chi connectivity index (χ1n) is 6.53. The summed E-state index contributed by atoms with van der Waals surface area (Å²) in [6.07, 6.45) is 6.17. The van der Waals surface area contributed by atoms with Crippen molar-refractivity contribution in [2.75, 3.05) is 12.4 Å². The molecule has 20 heavy (non-hydrogen) atoms. The summed E-state index contributed by atoms with van der Waals surface area (Å²) in [5, 5.41) is 6.78. The number of rotatable bonds is 4. The molecular formula is C14H19N5O. The van der Waals surface area contributed by atoms with Crippen molar-refractivity contribution in [3.05, 3.63) is 42.0 Å². The maximum absolute atomic E-state index is 12.0. The first-order chi connectivity index (χ1) is 9.58. The molecular weight excluding hydrogens is 254 g/mol. The highest BCUT2D eigenvalue weighted by Gasteiger charge is 2.10. The van der Waals surface area contributed by atoms with Gasteiger partial charge in [0.25, 0.3) is 0 Å². The van der Waals surface area contributed by atoms with E-state index in [9.17, 15) is 4.79 Å². The second-order valence-corrected chi connectivity index (χ2v) is 4.70. The van der Waals surface area contributed by atoms with E-state index in [1.807, 2.05) is 18.3 Å². The van der Waals surface area contributed by atoms with Crippen molar-refractivity contribution in [2.24, 2.45) is 7.05 Å². The maximum atomic E-state index is 12.0. The van der Waals surface area contributed by atoms with Crippen LogP contribution in [0.4, 0.5) is 10.5 Å². The largest absolute Gasteiger partial charge is 0.322 e. The number of nitrogens with zero attached hydrogens (tertiary/aromatic N) is 4. The highest BCUT2D eigenvalue weighted by Crippen LogP contribution is 2.07. The molecule has 2 amide bonds. The van der Waals surface area contributed by atoms with Crippen LogP contribution in [0.15, 0.2) is 30.7 Å². The van der Waals surface area contributed by atoms with E-state index in [0.29, 0.717) is 12.2 Å². The van der Waals surface area contributed by atoms with Gasteiger partial charge in [-0.2, -0.15) is 5.10 Å². The molecule has 0 unspecified atom stereocenters. The van der Waals surface area contributed by atoms with Gasteiger partial charge in [-0.25, -0.2) is 4.79 Å². The molecule has 2 aromatic rings. The summed E-state index contributed by atoms with van der Waals surface area (Å²) >= 11 is 0. The molecule has 0 aliphatic rings. The van der Waals surface area contributed by atoms with Crippen LogP contribution in [0.1, 0.15) is 18.2 Å². The van der Waals surface area contributed by atoms with Gasteiger partial charge in [0.2, 0.25) is 0 Å². The Hall–Kier alpha value is -2.37. The highest BCUT2D eigenvalue weighted by atomic mass is 16.2. The minimum absolute atomic E-state index is 0.181. The molecule has 0 saturated heterocycles. The van der Waals surface area contributed by atoms with Gasteiger partial charge in [-0.1, -0.05) is 13.0 Å². The fraction of sp³-hybridized carbons (Fsp3) is 0.357. The van der Waals surface area contributed by atoms with E-state index in [-0.39, 0.29) is 6.03 Å². The average Bonchev–Trinajstić information content (AvgIpc) is 2.85. The zero-order chi connectivity index (χ0) is 14.5. The fourth-order valence-corrected chi connectivity index (χ4v) is 1.78. The summed E-state index contributed by atoms with van der Waals surface area (Å²) in [7, 11) is 3.54. The van der Waals surface area contributed by atoms with E-state index in [0.717, 1.165) is 12.1 Å². The zero-order valence-electron chi connectivity index (χ0n) is 12.0. The molecule has 0 aromatic carbocycles. The molecule has 0 spiro atoms. The third-order valence-corrected chi connectivity index (χ3v) is 3.00. The minimum Gasteiger partial charge on any atom is -0.322 e. The maximum Gasteiger partial charge on any atom is 0.322 e. The first kappa shape index (κ1) is 14.0. The molecule has 0 atom stereocenters. The van der Waals surface area contributed by atoms with Crippen molar-refractivity contribution < 1.29 is 4.79 Å². The lowest BCUT2D eigenvalue weighted by Gasteiger charge is -2.17. The quantitative estimate of drug-likeness (QED) is 0.927. The number of aryl methyl sites for hydroxylation is 2. The van der Waals surface area contributed by atoms with E-state index in [1.165, 1.54) is 5.56 Å². The van der Waals surface area contributed by atoms with Crippen LogP contribution in [0.2, 0.25) is 0 Å². The van der Waals surface area contributed by atoms with Gasteiger partial charge in [-0.3, -0.25) is 9.67 Å². The van der Waals surface area contributed by atoms with Crippen molar-refractivity contribution in [1.29, 1.82) is 0 Å². The van der Waals surface area contributed by atoms with Gasteiger partial charge in [-0.15, -0.1) is 0 Å². The number of aromatic nitrogens is 3. The van der Waals surface area contributed by atoms with E-state index < -0.39 is 0 Å². The third-order valence-electron chi connectivity index (χ3n) is 3.00. The lowest BCUT2D eigenvalue weighted by Crippen LogP contribution is -2.31. The Bertz CT molecular complexity index is 576. The molecule has 6 heteroatoms. The topological polar surface area (TPSA) is 63.1 Å². The first-order valence-corrected chi connectivity index (χ1v) is 6.53. The van der Waals surface area contributed by atoms with Crippen LogP contribution in [0.25, 0.3) is 0 Å². The number of amides is 2. The summed E-state index contributed by atoms with van der Waals surface area (Å²) in [5.41, 5.74) is 2.74. The molecule has 6 nitrogen and oxygen atoms in total. The molecule has 0 fully saturated rings. The molecule has 0 saturated carbocycles. The van der Waals surface area contributed by atoms with Crippen LogP contribution >= 0.6 is 0 Å². The number of pyridine rings is 1. The summed E-state index contributed by atoms with van der Waals surface area (Å²) in [6, 6.07) is 3.81. The van der Waals surface area contributed by atoms with Gasteiger partial charge in [0.05, 0.1) is 24.1 Å². The average molecular weight is 273 g/mol. The number of hydrogen-bond donors (Lipinski definition) is 1. The summed E-state index contributed by atoms with van der Waals surface area (Å²) in [5.74, 6) is 0. The number of hydrogen-bond acceptors (Lipinski definition) is 3. The Morgan fingerprint density at radius 3 is 2.75 bits per heavy atom. The number of carbonyl (C=O) groups excluding carboxylic acids is 1. The van der Waals surface area contributed by atoms with Crippen molar-refractivity contribution in [3.63, 3.8) is 0 Å². The normalized spacial score (nSPS) is 10.3. The molecule has 106 valence electrons. The van der Waals surface area contributed by atoms with Crippen molar-refractivity contribution in [3.8, 4) is 0 Å². The van der Waals surface area contributed by atoms with Crippen molar-refractivity contribution in [2.45, 2.75) is 19.9 Å². The highest BCUT2D eigenvalue weighted by molar-refractivity contribution is 5.88. The monoisotopic (exact) mass is 273 g/mol. The summed E-state index contributed by atoms with van der Waals surface area (Å²) < 4.78 is 1.64. The van der Waals surface area contributed by atoms with E-state index in [2.05, 4.69) is 22.3 Å². The number of nitrogens with one attached hydrogen (secondary N) is 1. The van der Waals surface area contributed by atoms with Gasteiger partial charge in [0.15, 0.2) is 0 Å². The predicted molar refractivity (Wildman–Crippen MR) is 77.3 cm³/mol. The Kier molecular flexibility index (Phi) is 4.34. The van der Waals surface area contributed by atoms with Crippen LogP contribution in [0, 0.1) is 0 Å². The fourth-order valence-electron chi connectivity index (χ4n) is 1.78. The van der Waals surface area contributed by atoms with Gasteiger partial charge >= 0.3 is 6.03 Å². The van der Waals surface area contributed by atoms with Gasteiger partial charge in [-0.05, 0) is 18.1 Å². The lowest BCUT2D eigenvalue weighted by atomic mass is 10.2. The van der Waals surface area contributed by atoms with Crippen LogP contribution in [-0.2, 0) is 20.0 Å². The Morgan fingerprint density at radius 2 is 2.20 bits per heavy atom. The minimum atomic E-state index is -0.181. The SMILES string of the molecule is CCc1ccc(CN(C)C(=O)Nc2cnn(C)c2)nc1. The molecule has 0 aliphatic heterocycles. The molecule has 0 radical (unpaired) electrons.